The van der Waals surface area contributed by atoms with Crippen LogP contribution < -0.4 is 23.7 Å². The van der Waals surface area contributed by atoms with Crippen LogP contribution in [0.5, 0.6) is 23.0 Å². The van der Waals surface area contributed by atoms with Crippen molar-refractivity contribution in [2.75, 3.05) is 46.9 Å². The highest BCUT2D eigenvalue weighted by atomic mass is 32.2. The van der Waals surface area contributed by atoms with Gasteiger partial charge in [0, 0.05) is 26.3 Å². The third kappa shape index (κ3) is 8.17. The van der Waals surface area contributed by atoms with Crippen molar-refractivity contribution in [1.82, 2.24) is 4.90 Å². The number of hydrogen-bond acceptors (Lipinski definition) is 8. The third-order valence-electron chi connectivity index (χ3n) is 5.75. The Bertz CT molecular complexity index is 1470. The number of nitrogens with one attached hydrogen (secondary N) is 1. The number of urea groups is 1. The maximum atomic E-state index is 13.2. The average Bonchev–Trinajstić information content (AvgIpc) is 2.95. The van der Waals surface area contributed by atoms with Gasteiger partial charge in [0.25, 0.3) is 0 Å². The summed E-state index contributed by atoms with van der Waals surface area (Å²) in [6.07, 6.45) is -4.74. The van der Waals surface area contributed by atoms with E-state index in [1.807, 2.05) is 0 Å². The van der Waals surface area contributed by atoms with Gasteiger partial charge in [-0.3, -0.25) is 0 Å². The maximum Gasteiger partial charge on any atom is 0.416 e. The van der Waals surface area contributed by atoms with Gasteiger partial charge in [-0.25, -0.2) is 4.79 Å². The van der Waals surface area contributed by atoms with Crippen LogP contribution in [0.2, 0.25) is 0 Å². The molecule has 0 heterocycles. The molecule has 0 saturated heterocycles. The van der Waals surface area contributed by atoms with E-state index >= 15 is 0 Å². The number of benzene rings is 3. The van der Waals surface area contributed by atoms with Crippen molar-refractivity contribution in [3.05, 3.63) is 71.8 Å². The lowest BCUT2D eigenvalue weighted by molar-refractivity contribution is -0.137. The van der Waals surface area contributed by atoms with Crippen LogP contribution in [0.3, 0.4) is 0 Å². The van der Waals surface area contributed by atoms with E-state index in [-0.39, 0.29) is 31.2 Å². The van der Waals surface area contributed by atoms with E-state index in [2.05, 4.69) is 5.32 Å². The molecule has 3 rings (SSSR count). The van der Waals surface area contributed by atoms with Crippen LogP contribution in [-0.4, -0.2) is 60.9 Å². The Morgan fingerprint density at radius 3 is 2.24 bits per heavy atom. The smallest absolute Gasteiger partial charge is 0.416 e. The fourth-order valence-corrected chi connectivity index (χ4v) is 4.63. The number of halogens is 3. The second kappa shape index (κ2) is 13.5. The number of nitrogens with zero attached hydrogens (tertiary/aromatic N) is 1. The number of amides is 2. The second-order valence-electron chi connectivity index (χ2n) is 8.46. The van der Waals surface area contributed by atoms with Crippen molar-refractivity contribution in [3.63, 3.8) is 0 Å². The standard InChI is InChI=1S/C27H29F3N2O8S/c1-36-13-12-32(26(33)31-22-10-9-20(37-2)16-24(22)39-4)17-18-8-11-23(38-3)25(14-18)40-41(34,35)21-7-5-6-19(15-21)27(28,29)30/h5-11,14-16H,12-13,17H2,1-4H3,(H,31,33). The first-order chi connectivity index (χ1) is 19.4. The highest BCUT2D eigenvalue weighted by molar-refractivity contribution is 7.87. The van der Waals surface area contributed by atoms with Gasteiger partial charge in [-0.2, -0.15) is 21.6 Å². The van der Waals surface area contributed by atoms with Gasteiger partial charge in [0.15, 0.2) is 11.5 Å². The van der Waals surface area contributed by atoms with Crippen LogP contribution in [0.4, 0.5) is 23.7 Å². The van der Waals surface area contributed by atoms with Crippen molar-refractivity contribution < 1.29 is 49.5 Å². The van der Waals surface area contributed by atoms with Crippen molar-refractivity contribution >= 4 is 21.8 Å². The molecule has 41 heavy (non-hydrogen) atoms. The molecule has 0 aliphatic carbocycles. The van der Waals surface area contributed by atoms with Crippen molar-refractivity contribution in [2.45, 2.75) is 17.6 Å². The van der Waals surface area contributed by atoms with E-state index in [9.17, 15) is 26.4 Å². The van der Waals surface area contributed by atoms with Gasteiger partial charge in [-0.15, -0.1) is 0 Å². The van der Waals surface area contributed by atoms with Gasteiger partial charge in [0.2, 0.25) is 0 Å². The van der Waals surface area contributed by atoms with Crippen molar-refractivity contribution in [2.24, 2.45) is 0 Å². The van der Waals surface area contributed by atoms with Crippen LogP contribution >= 0.6 is 0 Å². The first-order valence-electron chi connectivity index (χ1n) is 12.0. The highest BCUT2D eigenvalue weighted by Crippen LogP contribution is 2.34. The first kappa shape index (κ1) is 31.4. The molecule has 0 radical (unpaired) electrons. The molecule has 0 aliphatic rings. The van der Waals surface area contributed by atoms with Gasteiger partial charge < -0.3 is 33.3 Å². The summed E-state index contributed by atoms with van der Waals surface area (Å²) in [5.74, 6) is 0.637. The summed E-state index contributed by atoms with van der Waals surface area (Å²) in [7, 11) is 1.02. The topological polar surface area (TPSA) is 113 Å². The molecule has 14 heteroatoms. The summed E-state index contributed by atoms with van der Waals surface area (Å²) in [5, 5.41) is 2.76. The Kier molecular flexibility index (Phi) is 10.3. The van der Waals surface area contributed by atoms with Crippen LogP contribution in [0, 0.1) is 0 Å². The molecular weight excluding hydrogens is 569 g/mol. The van der Waals surface area contributed by atoms with Gasteiger partial charge in [0.05, 0.1) is 39.2 Å². The molecule has 2 amide bonds. The van der Waals surface area contributed by atoms with Crippen LogP contribution in [0.15, 0.2) is 65.6 Å². The van der Waals surface area contributed by atoms with E-state index in [1.54, 1.807) is 24.3 Å². The van der Waals surface area contributed by atoms with Gasteiger partial charge in [-0.1, -0.05) is 12.1 Å². The zero-order valence-corrected chi connectivity index (χ0v) is 23.5. The average molecular weight is 599 g/mol. The third-order valence-corrected chi connectivity index (χ3v) is 6.98. The zero-order valence-electron chi connectivity index (χ0n) is 22.7. The molecule has 3 aromatic rings. The number of hydrogen-bond donors (Lipinski definition) is 1. The molecule has 0 bridgehead atoms. The van der Waals surface area contributed by atoms with Crippen molar-refractivity contribution in [3.8, 4) is 23.0 Å². The van der Waals surface area contributed by atoms with Gasteiger partial charge in [-0.05, 0) is 48.0 Å². The monoisotopic (exact) mass is 598 g/mol. The van der Waals surface area contributed by atoms with Crippen molar-refractivity contribution in [1.29, 1.82) is 0 Å². The summed E-state index contributed by atoms with van der Waals surface area (Å²) in [5.41, 5.74) is -0.323. The Hall–Kier alpha value is -4.17. The number of carbonyl (C=O) groups excluding carboxylic acids is 1. The normalized spacial score (nSPS) is 11.5. The lowest BCUT2D eigenvalue weighted by atomic mass is 10.2. The molecule has 10 nitrogen and oxygen atoms in total. The zero-order chi connectivity index (χ0) is 30.2. The Morgan fingerprint density at radius 2 is 1.61 bits per heavy atom. The summed E-state index contributed by atoms with van der Waals surface area (Å²) in [6.45, 7) is 0.333. The number of ether oxygens (including phenoxy) is 4. The van der Waals surface area contributed by atoms with E-state index in [0.717, 1.165) is 18.2 Å². The second-order valence-corrected chi connectivity index (χ2v) is 10.0. The molecule has 0 spiro atoms. The fourth-order valence-electron chi connectivity index (χ4n) is 3.65. The Labute approximate surface area is 235 Å². The Morgan fingerprint density at radius 1 is 0.878 bits per heavy atom. The molecule has 1 N–H and O–H groups in total. The quantitative estimate of drug-likeness (QED) is 0.284. The molecule has 0 saturated carbocycles. The maximum absolute atomic E-state index is 13.2. The van der Waals surface area contributed by atoms with E-state index in [4.69, 9.17) is 23.1 Å². The summed E-state index contributed by atoms with van der Waals surface area (Å²) >= 11 is 0. The lowest BCUT2D eigenvalue weighted by Gasteiger charge is -2.24. The van der Waals surface area contributed by atoms with Gasteiger partial charge in [0.1, 0.15) is 16.4 Å². The predicted molar refractivity (Wildman–Crippen MR) is 143 cm³/mol. The minimum Gasteiger partial charge on any atom is -0.497 e. The number of rotatable bonds is 12. The summed E-state index contributed by atoms with van der Waals surface area (Å²) < 4.78 is 91.2. The molecule has 0 atom stereocenters. The molecular formula is C27H29F3N2O8S. The lowest BCUT2D eigenvalue weighted by Crippen LogP contribution is -2.37. The van der Waals surface area contributed by atoms with E-state index in [1.165, 1.54) is 45.5 Å². The largest absolute Gasteiger partial charge is 0.497 e. The highest BCUT2D eigenvalue weighted by Gasteiger charge is 2.32. The number of carbonyl (C=O) groups is 1. The number of anilines is 1. The molecule has 0 unspecified atom stereocenters. The van der Waals surface area contributed by atoms with Crippen LogP contribution in [0.25, 0.3) is 0 Å². The summed E-state index contributed by atoms with van der Waals surface area (Å²) in [4.78, 5) is 13.9. The molecule has 3 aromatic carbocycles. The summed E-state index contributed by atoms with van der Waals surface area (Å²) in [6, 6.07) is 11.9. The molecule has 222 valence electrons. The van der Waals surface area contributed by atoms with E-state index in [0.29, 0.717) is 28.8 Å². The fraction of sp³-hybridized carbons (Fsp3) is 0.296. The molecule has 0 aromatic heterocycles. The van der Waals surface area contributed by atoms with E-state index < -0.39 is 32.8 Å². The number of alkyl halides is 3. The van der Waals surface area contributed by atoms with Gasteiger partial charge >= 0.3 is 22.3 Å². The minimum atomic E-state index is -4.74. The van der Waals surface area contributed by atoms with Crippen LogP contribution in [0.1, 0.15) is 11.1 Å². The molecule has 0 aliphatic heterocycles. The SMILES string of the molecule is COCCN(Cc1ccc(OC)c(OS(=O)(=O)c2cccc(C(F)(F)F)c2)c1)C(=O)Nc1ccc(OC)cc1OC. The molecule has 0 fully saturated rings. The predicted octanol–water partition coefficient (Wildman–Crippen LogP) is 5.18. The minimum absolute atomic E-state index is 0.0140. The van der Waals surface area contributed by atoms with Crippen LogP contribution in [-0.2, 0) is 27.6 Å². The Balaban J connectivity index is 1.87. The number of methoxy groups -OCH3 is 4. The first-order valence-corrected chi connectivity index (χ1v) is 13.4.